The van der Waals surface area contributed by atoms with E-state index >= 15 is 0 Å². The number of aromatic nitrogens is 3. The minimum atomic E-state index is -4.64. The summed E-state index contributed by atoms with van der Waals surface area (Å²) in [6, 6.07) is 10.5. The van der Waals surface area contributed by atoms with Crippen LogP contribution < -0.4 is 4.90 Å². The first-order chi connectivity index (χ1) is 22.7. The number of carbonyl (C=O) groups is 2. The van der Waals surface area contributed by atoms with Gasteiger partial charge in [-0.1, -0.05) is 26.0 Å². The second-order valence-corrected chi connectivity index (χ2v) is 16.6. The van der Waals surface area contributed by atoms with Crippen molar-refractivity contribution in [1.29, 1.82) is 0 Å². The van der Waals surface area contributed by atoms with Crippen LogP contribution in [0.4, 0.5) is 23.7 Å². The third-order valence-electron chi connectivity index (χ3n) is 10.2. The van der Waals surface area contributed by atoms with Gasteiger partial charge in [0.1, 0.15) is 17.8 Å². The largest absolute Gasteiger partial charge is 0.444 e. The molecule has 2 fully saturated rings. The normalized spacial score (nSPS) is 20.3. The Morgan fingerprint density at radius 2 is 1.73 bits per heavy atom. The molecule has 0 atom stereocenters. The molecule has 0 spiro atoms. The Labute approximate surface area is 286 Å². The molecule has 9 nitrogen and oxygen atoms in total. The van der Waals surface area contributed by atoms with Crippen LogP contribution in [-0.2, 0) is 42.9 Å². The molecule has 264 valence electrons. The SMILES string of the molecule is Cn1cnnc1CC1(c2cccc(N3Cc4c(cc(CN5CCN(C(=O)OC(C)(C)C)CC5(C)C)cc4C(F)(F)F)C3=O)c2)CC(C)(C)C1. The third-order valence-corrected chi connectivity index (χ3v) is 10.2. The molecule has 0 unspecified atom stereocenters. The van der Waals surface area contributed by atoms with E-state index in [9.17, 15) is 22.8 Å². The van der Waals surface area contributed by atoms with Crippen molar-refractivity contribution in [3.05, 3.63) is 76.4 Å². The minimum Gasteiger partial charge on any atom is -0.444 e. The summed E-state index contributed by atoms with van der Waals surface area (Å²) in [6.07, 6.45) is -0.869. The van der Waals surface area contributed by atoms with Gasteiger partial charge in [-0.05, 0) is 93.8 Å². The van der Waals surface area contributed by atoms with Crippen molar-refractivity contribution in [1.82, 2.24) is 24.6 Å². The molecule has 2 aliphatic heterocycles. The average Bonchev–Trinajstić information content (AvgIpc) is 3.52. The average molecular weight is 681 g/mol. The van der Waals surface area contributed by atoms with Crippen LogP contribution in [0, 0.1) is 5.41 Å². The van der Waals surface area contributed by atoms with Crippen LogP contribution in [0.5, 0.6) is 0 Å². The van der Waals surface area contributed by atoms with Crippen molar-refractivity contribution in [2.45, 2.75) is 104 Å². The van der Waals surface area contributed by atoms with E-state index < -0.39 is 34.9 Å². The zero-order chi connectivity index (χ0) is 35.7. The Morgan fingerprint density at radius 3 is 2.33 bits per heavy atom. The highest BCUT2D eigenvalue weighted by Gasteiger charge is 2.51. The maximum absolute atomic E-state index is 14.6. The molecule has 0 radical (unpaired) electrons. The van der Waals surface area contributed by atoms with Crippen LogP contribution in [0.2, 0.25) is 0 Å². The summed E-state index contributed by atoms with van der Waals surface area (Å²) in [4.78, 5) is 31.9. The highest BCUT2D eigenvalue weighted by molar-refractivity contribution is 6.10. The fraction of sp³-hybridized carbons (Fsp3) is 0.568. The number of hydrogen-bond acceptors (Lipinski definition) is 6. The Bertz CT molecular complexity index is 1770. The van der Waals surface area contributed by atoms with Gasteiger partial charge >= 0.3 is 12.3 Å². The summed E-state index contributed by atoms with van der Waals surface area (Å²) in [6.45, 7) is 15.0. The zero-order valence-corrected chi connectivity index (χ0v) is 29.7. The Morgan fingerprint density at radius 1 is 1.02 bits per heavy atom. The molecule has 2 aromatic carbocycles. The van der Waals surface area contributed by atoms with Crippen molar-refractivity contribution in [3.8, 4) is 0 Å². The number of ether oxygens (including phenoxy) is 1. The molecular formula is C37H47F3N6O3. The number of amides is 2. The van der Waals surface area contributed by atoms with E-state index in [4.69, 9.17) is 4.74 Å². The molecule has 3 aromatic rings. The number of piperazine rings is 1. The van der Waals surface area contributed by atoms with Gasteiger partial charge in [0.15, 0.2) is 0 Å². The third kappa shape index (κ3) is 6.93. The lowest BCUT2D eigenvalue weighted by Crippen LogP contribution is -2.60. The van der Waals surface area contributed by atoms with E-state index in [1.165, 1.54) is 11.0 Å². The smallest absolute Gasteiger partial charge is 0.416 e. The molecule has 6 rings (SSSR count). The van der Waals surface area contributed by atoms with Crippen molar-refractivity contribution in [2.75, 3.05) is 24.5 Å². The number of aryl methyl sites for hydroxylation is 1. The zero-order valence-electron chi connectivity index (χ0n) is 29.7. The number of rotatable bonds is 6. The Kier molecular flexibility index (Phi) is 8.44. The molecule has 1 saturated carbocycles. The van der Waals surface area contributed by atoms with Crippen molar-refractivity contribution in [2.24, 2.45) is 12.5 Å². The predicted octanol–water partition coefficient (Wildman–Crippen LogP) is 7.13. The van der Waals surface area contributed by atoms with Gasteiger partial charge in [-0.3, -0.25) is 9.69 Å². The summed E-state index contributed by atoms with van der Waals surface area (Å²) >= 11 is 0. The van der Waals surface area contributed by atoms with Gasteiger partial charge in [0, 0.05) is 61.9 Å². The lowest BCUT2D eigenvalue weighted by molar-refractivity contribution is -0.138. The van der Waals surface area contributed by atoms with Crippen LogP contribution >= 0.6 is 0 Å². The van der Waals surface area contributed by atoms with Gasteiger partial charge in [0.25, 0.3) is 5.91 Å². The second kappa shape index (κ2) is 11.8. The summed E-state index contributed by atoms with van der Waals surface area (Å²) in [7, 11) is 1.92. The van der Waals surface area contributed by atoms with Gasteiger partial charge < -0.3 is 19.1 Å². The number of halogens is 3. The molecule has 0 N–H and O–H groups in total. The lowest BCUT2D eigenvalue weighted by atomic mass is 9.50. The van der Waals surface area contributed by atoms with Crippen LogP contribution in [0.3, 0.4) is 0 Å². The molecular weight excluding hydrogens is 633 g/mol. The van der Waals surface area contributed by atoms with Crippen LogP contribution in [0.1, 0.15) is 99.7 Å². The summed E-state index contributed by atoms with van der Waals surface area (Å²) in [5.41, 5.74) is 0.0632. The molecule has 1 saturated heterocycles. The van der Waals surface area contributed by atoms with Gasteiger partial charge in [0.05, 0.1) is 12.1 Å². The van der Waals surface area contributed by atoms with Gasteiger partial charge in [-0.25, -0.2) is 4.79 Å². The number of nitrogens with zero attached hydrogens (tertiary/aromatic N) is 6. The molecule has 49 heavy (non-hydrogen) atoms. The van der Waals surface area contributed by atoms with E-state index in [1.54, 1.807) is 23.4 Å². The summed E-state index contributed by atoms with van der Waals surface area (Å²) in [5, 5.41) is 8.38. The summed E-state index contributed by atoms with van der Waals surface area (Å²) in [5.74, 6) is 0.423. The van der Waals surface area contributed by atoms with Crippen LogP contribution in [-0.4, -0.2) is 67.3 Å². The van der Waals surface area contributed by atoms with E-state index in [2.05, 4.69) is 28.9 Å². The van der Waals surface area contributed by atoms with Gasteiger partial charge in [-0.15, -0.1) is 10.2 Å². The second-order valence-electron chi connectivity index (χ2n) is 16.6. The maximum Gasteiger partial charge on any atom is 0.416 e. The number of carbonyl (C=O) groups excluding carboxylic acids is 2. The predicted molar refractivity (Wildman–Crippen MR) is 180 cm³/mol. The first-order valence-corrected chi connectivity index (χ1v) is 16.9. The number of fused-ring (bicyclic) bond motifs is 1. The molecule has 3 heterocycles. The van der Waals surface area contributed by atoms with E-state index in [0.29, 0.717) is 37.3 Å². The Balaban J connectivity index is 1.26. The standard InChI is InChI=1S/C37H47F3N6O3/c1-33(2,3)49-32(48)44-12-13-45(35(6,7)22-44)18-24-14-27-28(29(15-24)37(38,39)40)19-46(31(27)47)26-11-9-10-25(16-26)36(20-34(4,5)21-36)17-30-42-41-23-43(30)8/h9-11,14-16,23H,12-13,17-22H2,1-8H3. The Hall–Kier alpha value is -3.93. The molecule has 1 aliphatic carbocycles. The highest BCUT2D eigenvalue weighted by atomic mass is 19.4. The number of anilines is 1. The number of alkyl halides is 3. The quantitative estimate of drug-likeness (QED) is 0.276. The molecule has 2 amide bonds. The molecule has 3 aliphatic rings. The molecule has 1 aromatic heterocycles. The first-order valence-electron chi connectivity index (χ1n) is 16.9. The van der Waals surface area contributed by atoms with Crippen molar-refractivity contribution >= 4 is 17.7 Å². The minimum absolute atomic E-state index is 0.000709. The van der Waals surface area contributed by atoms with Crippen LogP contribution in [0.25, 0.3) is 0 Å². The maximum atomic E-state index is 14.6. The molecule has 0 bridgehead atoms. The van der Waals surface area contributed by atoms with Crippen molar-refractivity contribution < 1.29 is 27.5 Å². The van der Waals surface area contributed by atoms with E-state index in [1.807, 2.05) is 64.4 Å². The topological polar surface area (TPSA) is 83.8 Å². The van der Waals surface area contributed by atoms with E-state index in [0.717, 1.165) is 24.2 Å². The molecule has 12 heteroatoms. The fourth-order valence-corrected chi connectivity index (χ4v) is 8.19. The van der Waals surface area contributed by atoms with Crippen molar-refractivity contribution in [3.63, 3.8) is 0 Å². The number of benzene rings is 2. The summed E-state index contributed by atoms with van der Waals surface area (Å²) < 4.78 is 51.4. The monoisotopic (exact) mass is 680 g/mol. The van der Waals surface area contributed by atoms with E-state index in [-0.39, 0.29) is 35.0 Å². The highest BCUT2D eigenvalue weighted by Crippen LogP contribution is 2.57. The van der Waals surface area contributed by atoms with Gasteiger partial charge in [-0.2, -0.15) is 13.2 Å². The van der Waals surface area contributed by atoms with Gasteiger partial charge in [0.2, 0.25) is 0 Å². The number of hydrogen-bond donors (Lipinski definition) is 0. The van der Waals surface area contributed by atoms with Crippen LogP contribution in [0.15, 0.2) is 42.7 Å². The lowest BCUT2D eigenvalue weighted by Gasteiger charge is -2.54. The fourth-order valence-electron chi connectivity index (χ4n) is 8.19. The first kappa shape index (κ1) is 34.9.